The zero-order chi connectivity index (χ0) is 20.9. The van der Waals surface area contributed by atoms with E-state index in [0.717, 1.165) is 17.5 Å². The highest BCUT2D eigenvalue weighted by Gasteiger charge is 2.37. The van der Waals surface area contributed by atoms with Gasteiger partial charge in [-0.2, -0.15) is 0 Å². The summed E-state index contributed by atoms with van der Waals surface area (Å²) in [5, 5.41) is 9.35. The topological polar surface area (TPSA) is 93.4 Å². The lowest BCUT2D eigenvalue weighted by atomic mass is 9.75. The number of aromatic nitrogens is 1. The average molecular weight is 404 g/mol. The molecule has 150 valence electrons. The van der Waals surface area contributed by atoms with Crippen molar-refractivity contribution < 1.29 is 23.1 Å². The van der Waals surface area contributed by atoms with Gasteiger partial charge in [0.25, 0.3) is 0 Å². The molecule has 0 atom stereocenters. The zero-order valence-electron chi connectivity index (χ0n) is 16.6. The number of sulfone groups is 1. The fourth-order valence-corrected chi connectivity index (χ4v) is 5.12. The van der Waals surface area contributed by atoms with Crippen molar-refractivity contribution in [1.29, 1.82) is 0 Å². The molecule has 1 aromatic carbocycles. The Hall–Kier alpha value is -2.41. The van der Waals surface area contributed by atoms with Gasteiger partial charge < -0.3 is 9.67 Å². The molecule has 28 heavy (non-hydrogen) atoms. The number of carbonyl (C=O) groups excluding carboxylic acids is 1. The van der Waals surface area contributed by atoms with Crippen LogP contribution in [0, 0.1) is 12.3 Å². The molecular formula is C21H25NO5S. The first-order valence-corrected chi connectivity index (χ1v) is 11.0. The molecule has 0 aliphatic heterocycles. The van der Waals surface area contributed by atoms with E-state index in [9.17, 15) is 23.1 Å². The number of benzene rings is 1. The van der Waals surface area contributed by atoms with E-state index in [0.29, 0.717) is 29.7 Å². The Kier molecular flexibility index (Phi) is 5.00. The molecule has 1 heterocycles. The summed E-state index contributed by atoms with van der Waals surface area (Å²) < 4.78 is 26.0. The summed E-state index contributed by atoms with van der Waals surface area (Å²) in [4.78, 5) is 24.6. The second-order valence-electron chi connectivity index (χ2n) is 8.36. The van der Waals surface area contributed by atoms with Crippen LogP contribution in [0.1, 0.15) is 53.1 Å². The normalized spacial score (nSPS) is 16.1. The number of carboxylic acid groups (broad SMARTS) is 1. The largest absolute Gasteiger partial charge is 0.480 e. The first kappa shape index (κ1) is 20.3. The third-order valence-corrected chi connectivity index (χ3v) is 6.55. The van der Waals surface area contributed by atoms with Crippen LogP contribution < -0.4 is 0 Å². The highest BCUT2D eigenvalue weighted by atomic mass is 32.2. The Bertz CT molecular complexity index is 1080. The highest BCUT2D eigenvalue weighted by molar-refractivity contribution is 7.90. The Morgan fingerprint density at radius 1 is 1.21 bits per heavy atom. The van der Waals surface area contributed by atoms with E-state index in [-0.39, 0.29) is 29.1 Å². The maximum atomic E-state index is 13.0. The molecule has 0 bridgehead atoms. The van der Waals surface area contributed by atoms with Crippen LogP contribution in [0.25, 0.3) is 0 Å². The molecule has 0 unspecified atom stereocenters. The quantitative estimate of drug-likeness (QED) is 0.828. The second-order valence-corrected chi connectivity index (χ2v) is 10.3. The Labute approximate surface area is 165 Å². The SMILES string of the molecule is Cc1c(Cc2ccccc2S(C)(=O)=O)c2c(n1CC(=O)O)CC(C)(C)CC2=O. The molecule has 0 saturated carbocycles. The van der Waals surface area contributed by atoms with E-state index in [4.69, 9.17) is 0 Å². The van der Waals surface area contributed by atoms with Crippen molar-refractivity contribution in [2.45, 2.75) is 51.5 Å². The van der Waals surface area contributed by atoms with Crippen LogP contribution in [0.15, 0.2) is 29.2 Å². The Morgan fingerprint density at radius 3 is 2.46 bits per heavy atom. The number of rotatable bonds is 5. The molecule has 6 nitrogen and oxygen atoms in total. The lowest BCUT2D eigenvalue weighted by molar-refractivity contribution is -0.137. The van der Waals surface area contributed by atoms with Crippen molar-refractivity contribution in [3.05, 3.63) is 52.3 Å². The number of aliphatic carboxylic acids is 1. The van der Waals surface area contributed by atoms with E-state index in [1.807, 2.05) is 13.8 Å². The number of Topliss-reactive ketones (excluding diaryl/α,β-unsaturated/α-hetero) is 1. The molecule has 1 aromatic heterocycles. The van der Waals surface area contributed by atoms with Gasteiger partial charge in [0.15, 0.2) is 15.6 Å². The molecule has 3 rings (SSSR count). The van der Waals surface area contributed by atoms with Crippen LogP contribution in [0.5, 0.6) is 0 Å². The number of carbonyl (C=O) groups is 2. The smallest absolute Gasteiger partial charge is 0.323 e. The summed E-state index contributed by atoms with van der Waals surface area (Å²) in [6, 6.07) is 6.75. The van der Waals surface area contributed by atoms with Gasteiger partial charge in [0.1, 0.15) is 6.54 Å². The number of fused-ring (bicyclic) bond motifs is 1. The molecule has 1 aliphatic rings. The van der Waals surface area contributed by atoms with Gasteiger partial charge in [-0.15, -0.1) is 0 Å². The molecule has 1 N–H and O–H groups in total. The van der Waals surface area contributed by atoms with Crippen molar-refractivity contribution >= 4 is 21.6 Å². The van der Waals surface area contributed by atoms with Gasteiger partial charge in [-0.1, -0.05) is 32.0 Å². The lowest BCUT2D eigenvalue weighted by Crippen LogP contribution is -2.29. The van der Waals surface area contributed by atoms with E-state index in [1.54, 1.807) is 35.8 Å². The van der Waals surface area contributed by atoms with E-state index < -0.39 is 15.8 Å². The zero-order valence-corrected chi connectivity index (χ0v) is 17.4. The maximum Gasteiger partial charge on any atom is 0.323 e. The highest BCUT2D eigenvalue weighted by Crippen LogP contribution is 2.39. The molecule has 0 radical (unpaired) electrons. The van der Waals surface area contributed by atoms with Crippen molar-refractivity contribution in [3.8, 4) is 0 Å². The minimum absolute atomic E-state index is 0.00896. The van der Waals surface area contributed by atoms with Gasteiger partial charge in [-0.3, -0.25) is 9.59 Å². The van der Waals surface area contributed by atoms with Gasteiger partial charge in [0.05, 0.1) is 4.90 Å². The van der Waals surface area contributed by atoms with Gasteiger partial charge in [0, 0.05) is 36.0 Å². The minimum atomic E-state index is -3.42. The molecule has 0 saturated heterocycles. The number of hydrogen-bond acceptors (Lipinski definition) is 4. The minimum Gasteiger partial charge on any atom is -0.480 e. The third kappa shape index (κ3) is 3.76. The van der Waals surface area contributed by atoms with Gasteiger partial charge in [0.2, 0.25) is 0 Å². The number of carboxylic acids is 1. The van der Waals surface area contributed by atoms with Crippen molar-refractivity contribution in [2.75, 3.05) is 6.26 Å². The van der Waals surface area contributed by atoms with Crippen molar-refractivity contribution in [2.24, 2.45) is 5.41 Å². The average Bonchev–Trinajstić information content (AvgIpc) is 2.78. The fraction of sp³-hybridized carbons (Fsp3) is 0.429. The van der Waals surface area contributed by atoms with Crippen LogP contribution in [-0.2, 0) is 34.0 Å². The lowest BCUT2D eigenvalue weighted by Gasteiger charge is -2.30. The molecule has 7 heteroatoms. The van der Waals surface area contributed by atoms with Crippen molar-refractivity contribution in [1.82, 2.24) is 4.57 Å². The molecule has 0 spiro atoms. The predicted octanol–water partition coefficient (Wildman–Crippen LogP) is 3.03. The first-order chi connectivity index (χ1) is 12.9. The third-order valence-electron chi connectivity index (χ3n) is 5.35. The first-order valence-electron chi connectivity index (χ1n) is 9.14. The predicted molar refractivity (Wildman–Crippen MR) is 106 cm³/mol. The summed E-state index contributed by atoms with van der Waals surface area (Å²) in [5.74, 6) is -0.981. The summed E-state index contributed by atoms with van der Waals surface area (Å²) in [6.07, 6.45) is 2.43. The van der Waals surface area contributed by atoms with E-state index in [1.165, 1.54) is 0 Å². The van der Waals surface area contributed by atoms with Crippen LogP contribution in [0.2, 0.25) is 0 Å². The van der Waals surface area contributed by atoms with Crippen molar-refractivity contribution in [3.63, 3.8) is 0 Å². The molecule has 2 aromatic rings. The Balaban J connectivity index is 2.20. The van der Waals surface area contributed by atoms with Gasteiger partial charge in [-0.05, 0) is 36.0 Å². The fourth-order valence-electron chi connectivity index (χ4n) is 4.17. The summed E-state index contributed by atoms with van der Waals surface area (Å²) in [7, 11) is -3.42. The van der Waals surface area contributed by atoms with E-state index in [2.05, 4.69) is 0 Å². The summed E-state index contributed by atoms with van der Waals surface area (Å²) >= 11 is 0. The van der Waals surface area contributed by atoms with Crippen LogP contribution in [0.3, 0.4) is 0 Å². The molecule has 0 fully saturated rings. The monoisotopic (exact) mass is 403 g/mol. The molecular weight excluding hydrogens is 378 g/mol. The van der Waals surface area contributed by atoms with Gasteiger partial charge in [-0.25, -0.2) is 8.42 Å². The van der Waals surface area contributed by atoms with Gasteiger partial charge >= 0.3 is 5.97 Å². The molecule has 1 aliphatic carbocycles. The number of ketones is 1. The standard InChI is InChI=1S/C21H25NO5S/c1-13-15(9-14-7-5-6-8-18(14)28(4,26)27)20-16(22(13)12-19(24)25)10-21(2,3)11-17(20)23/h5-8H,9-12H2,1-4H3,(H,24,25). The number of nitrogens with zero attached hydrogens (tertiary/aromatic N) is 1. The summed E-state index contributed by atoms with van der Waals surface area (Å²) in [5.41, 5.74) is 3.12. The summed E-state index contributed by atoms with van der Waals surface area (Å²) in [6.45, 7) is 5.59. The van der Waals surface area contributed by atoms with Crippen LogP contribution >= 0.6 is 0 Å². The second kappa shape index (κ2) is 6.88. The number of hydrogen-bond donors (Lipinski definition) is 1. The molecule has 0 amide bonds. The van der Waals surface area contributed by atoms with Crippen LogP contribution in [-0.4, -0.2) is 36.1 Å². The van der Waals surface area contributed by atoms with E-state index >= 15 is 0 Å². The Morgan fingerprint density at radius 2 is 1.86 bits per heavy atom. The maximum absolute atomic E-state index is 13.0. The van der Waals surface area contributed by atoms with Crippen LogP contribution in [0.4, 0.5) is 0 Å².